The molecule has 4 N–H and O–H groups in total. The Labute approximate surface area is 120 Å². The van der Waals surface area contributed by atoms with Gasteiger partial charge >= 0.3 is 12.0 Å². The molecule has 1 aromatic carbocycles. The fourth-order valence-electron chi connectivity index (χ4n) is 1.70. The second-order valence-electron chi connectivity index (χ2n) is 4.33. The Balaban J connectivity index is 1.75. The quantitative estimate of drug-likeness (QED) is 0.627. The summed E-state index contributed by atoms with van der Waals surface area (Å²) in [6.45, 7) is 0.429. The Bertz CT molecular complexity index is 595. The number of anilines is 1. The number of carboxylic acids is 1. The van der Waals surface area contributed by atoms with Gasteiger partial charge in [0.25, 0.3) is 0 Å². The number of carbonyl (C=O) groups is 2. The van der Waals surface area contributed by atoms with Gasteiger partial charge in [-0.25, -0.2) is 9.78 Å². The minimum absolute atomic E-state index is 0.0380. The molecule has 2 aromatic rings. The van der Waals surface area contributed by atoms with E-state index < -0.39 is 5.97 Å². The molecule has 0 atom stereocenters. The third kappa shape index (κ3) is 4.94. The summed E-state index contributed by atoms with van der Waals surface area (Å²) in [4.78, 5) is 26.1. The van der Waals surface area contributed by atoms with E-state index in [9.17, 15) is 9.59 Å². The molecule has 1 heterocycles. The maximum absolute atomic E-state index is 11.6. The van der Waals surface area contributed by atoms with Gasteiger partial charge in [0.1, 0.15) is 12.2 Å². The highest BCUT2D eigenvalue weighted by atomic mass is 16.4. The van der Waals surface area contributed by atoms with Crippen LogP contribution in [-0.4, -0.2) is 38.8 Å². The highest BCUT2D eigenvalue weighted by Crippen LogP contribution is 2.09. The largest absolute Gasteiger partial charge is 0.481 e. The van der Waals surface area contributed by atoms with Crippen LogP contribution in [0.15, 0.2) is 30.6 Å². The lowest BCUT2D eigenvalue weighted by Gasteiger charge is -2.07. The van der Waals surface area contributed by atoms with Gasteiger partial charge in [-0.3, -0.25) is 9.89 Å². The van der Waals surface area contributed by atoms with Crippen LogP contribution in [0.2, 0.25) is 0 Å². The van der Waals surface area contributed by atoms with Gasteiger partial charge in [0.2, 0.25) is 0 Å². The van der Waals surface area contributed by atoms with E-state index in [1.165, 1.54) is 6.33 Å². The van der Waals surface area contributed by atoms with E-state index in [2.05, 4.69) is 25.8 Å². The Kier molecular flexibility index (Phi) is 4.86. The second-order valence-corrected chi connectivity index (χ2v) is 4.33. The van der Waals surface area contributed by atoms with E-state index in [1.54, 1.807) is 24.3 Å². The van der Waals surface area contributed by atoms with Crippen LogP contribution in [0.5, 0.6) is 0 Å². The normalized spacial score (nSPS) is 10.1. The van der Waals surface area contributed by atoms with Crippen LogP contribution >= 0.6 is 0 Å². The van der Waals surface area contributed by atoms with Crippen molar-refractivity contribution < 1.29 is 14.7 Å². The van der Waals surface area contributed by atoms with Gasteiger partial charge < -0.3 is 15.7 Å². The van der Waals surface area contributed by atoms with Crippen molar-refractivity contribution in [3.63, 3.8) is 0 Å². The number of aromatic nitrogens is 3. The number of benzene rings is 1. The van der Waals surface area contributed by atoms with E-state index >= 15 is 0 Å². The molecule has 0 aliphatic heterocycles. The van der Waals surface area contributed by atoms with E-state index in [0.29, 0.717) is 30.0 Å². The molecule has 8 nitrogen and oxygen atoms in total. The summed E-state index contributed by atoms with van der Waals surface area (Å²) in [5, 5.41) is 20.4. The lowest BCUT2D eigenvalue weighted by atomic mass is 10.1. The summed E-state index contributed by atoms with van der Waals surface area (Å²) >= 11 is 0. The number of urea groups is 1. The third-order valence-electron chi connectivity index (χ3n) is 2.68. The first kappa shape index (κ1) is 14.5. The SMILES string of the molecule is O=C(O)Cc1ccc(NC(=O)NCCc2ncn[nH]2)cc1. The maximum atomic E-state index is 11.6. The van der Waals surface area contributed by atoms with Crippen LogP contribution < -0.4 is 10.6 Å². The monoisotopic (exact) mass is 289 g/mol. The number of aliphatic carboxylic acids is 1. The molecule has 0 aliphatic carbocycles. The number of amides is 2. The number of nitrogens with zero attached hydrogens (tertiary/aromatic N) is 2. The van der Waals surface area contributed by atoms with Crippen molar-refractivity contribution in [1.82, 2.24) is 20.5 Å². The predicted molar refractivity (Wildman–Crippen MR) is 74.9 cm³/mol. The third-order valence-corrected chi connectivity index (χ3v) is 2.68. The summed E-state index contributed by atoms with van der Waals surface area (Å²) in [6, 6.07) is 6.32. The Hall–Kier alpha value is -2.90. The van der Waals surface area contributed by atoms with Crippen LogP contribution in [0, 0.1) is 0 Å². The van der Waals surface area contributed by atoms with Crippen molar-refractivity contribution in [2.45, 2.75) is 12.8 Å². The Morgan fingerprint density at radius 2 is 2.00 bits per heavy atom. The Morgan fingerprint density at radius 3 is 2.62 bits per heavy atom. The zero-order chi connectivity index (χ0) is 15.1. The smallest absolute Gasteiger partial charge is 0.319 e. The fourth-order valence-corrected chi connectivity index (χ4v) is 1.70. The lowest BCUT2D eigenvalue weighted by molar-refractivity contribution is -0.136. The van der Waals surface area contributed by atoms with Gasteiger partial charge in [-0.1, -0.05) is 12.1 Å². The minimum Gasteiger partial charge on any atom is -0.481 e. The molecular formula is C13H15N5O3. The van der Waals surface area contributed by atoms with E-state index in [0.717, 1.165) is 0 Å². The number of H-pyrrole nitrogens is 1. The van der Waals surface area contributed by atoms with Crippen LogP contribution in [0.25, 0.3) is 0 Å². The fraction of sp³-hybridized carbons (Fsp3) is 0.231. The summed E-state index contributed by atoms with van der Waals surface area (Å²) < 4.78 is 0. The number of aromatic amines is 1. The standard InChI is InChI=1S/C13H15N5O3/c19-12(20)7-9-1-3-10(4-2-9)17-13(21)14-6-5-11-15-8-16-18-11/h1-4,8H,5-7H2,(H,19,20)(H2,14,17,21)(H,15,16,18). The van der Waals surface area contributed by atoms with Gasteiger partial charge in [0.05, 0.1) is 6.42 Å². The molecule has 0 unspecified atom stereocenters. The Morgan fingerprint density at radius 1 is 1.24 bits per heavy atom. The van der Waals surface area contributed by atoms with Gasteiger partial charge in [0, 0.05) is 18.7 Å². The minimum atomic E-state index is -0.888. The molecule has 0 saturated carbocycles. The summed E-state index contributed by atoms with van der Waals surface area (Å²) in [7, 11) is 0. The lowest BCUT2D eigenvalue weighted by Crippen LogP contribution is -2.30. The number of nitrogens with one attached hydrogen (secondary N) is 3. The topological polar surface area (TPSA) is 120 Å². The highest BCUT2D eigenvalue weighted by molar-refractivity contribution is 5.89. The number of hydrogen-bond donors (Lipinski definition) is 4. The molecule has 21 heavy (non-hydrogen) atoms. The number of carboxylic acid groups (broad SMARTS) is 1. The average Bonchev–Trinajstić information content (AvgIpc) is 2.93. The van der Waals surface area contributed by atoms with E-state index in [-0.39, 0.29) is 12.5 Å². The van der Waals surface area contributed by atoms with Gasteiger partial charge in [-0.05, 0) is 17.7 Å². The van der Waals surface area contributed by atoms with Crippen LogP contribution in [0.1, 0.15) is 11.4 Å². The molecule has 0 saturated heterocycles. The highest BCUT2D eigenvalue weighted by Gasteiger charge is 2.04. The van der Waals surface area contributed by atoms with Gasteiger partial charge in [0.15, 0.2) is 0 Å². The first-order chi connectivity index (χ1) is 10.1. The first-order valence-electron chi connectivity index (χ1n) is 6.33. The zero-order valence-electron chi connectivity index (χ0n) is 11.2. The van der Waals surface area contributed by atoms with Crippen LogP contribution in [0.4, 0.5) is 10.5 Å². The molecule has 2 amide bonds. The zero-order valence-corrected chi connectivity index (χ0v) is 11.2. The summed E-state index contributed by atoms with van der Waals surface area (Å²) in [5.74, 6) is -0.186. The van der Waals surface area contributed by atoms with Crippen molar-refractivity contribution in [2.75, 3.05) is 11.9 Å². The van der Waals surface area contributed by atoms with Gasteiger partial charge in [-0.15, -0.1) is 0 Å². The second kappa shape index (κ2) is 7.04. The van der Waals surface area contributed by atoms with Crippen molar-refractivity contribution in [1.29, 1.82) is 0 Å². The van der Waals surface area contributed by atoms with Crippen molar-refractivity contribution >= 4 is 17.7 Å². The molecule has 110 valence electrons. The molecule has 0 aliphatic rings. The molecule has 2 rings (SSSR count). The number of rotatable bonds is 6. The van der Waals surface area contributed by atoms with Gasteiger partial charge in [-0.2, -0.15) is 5.10 Å². The van der Waals surface area contributed by atoms with Crippen LogP contribution in [-0.2, 0) is 17.6 Å². The van der Waals surface area contributed by atoms with E-state index in [4.69, 9.17) is 5.11 Å². The average molecular weight is 289 g/mol. The first-order valence-corrected chi connectivity index (χ1v) is 6.33. The molecule has 8 heteroatoms. The molecular weight excluding hydrogens is 274 g/mol. The van der Waals surface area contributed by atoms with Crippen molar-refractivity contribution in [3.8, 4) is 0 Å². The number of hydrogen-bond acceptors (Lipinski definition) is 4. The summed E-state index contributed by atoms with van der Waals surface area (Å²) in [6.07, 6.45) is 1.93. The molecule has 0 bridgehead atoms. The van der Waals surface area contributed by atoms with Crippen molar-refractivity contribution in [3.05, 3.63) is 42.0 Å². The van der Waals surface area contributed by atoms with Crippen LogP contribution in [0.3, 0.4) is 0 Å². The predicted octanol–water partition coefficient (Wildman–Crippen LogP) is 0.796. The molecule has 0 radical (unpaired) electrons. The number of carbonyl (C=O) groups excluding carboxylic acids is 1. The maximum Gasteiger partial charge on any atom is 0.319 e. The molecule has 1 aromatic heterocycles. The van der Waals surface area contributed by atoms with E-state index in [1.807, 2.05) is 0 Å². The van der Waals surface area contributed by atoms with Crippen molar-refractivity contribution in [2.24, 2.45) is 0 Å². The molecule has 0 fully saturated rings. The summed E-state index contributed by atoms with van der Waals surface area (Å²) in [5.41, 5.74) is 1.28. The molecule has 0 spiro atoms.